The standard InChI is InChI=1S/C11H6BrF2NO2S/c1-5(16)17-10-9(12)18-11(15-10)7-3-2-6(13)4-8(7)14/h2-4H,1H3. The number of halogens is 3. The molecule has 7 heteroatoms. The normalized spacial score (nSPS) is 10.4. The summed E-state index contributed by atoms with van der Waals surface area (Å²) in [4.78, 5) is 14.8. The Morgan fingerprint density at radius 2 is 2.17 bits per heavy atom. The first-order chi connectivity index (χ1) is 8.47. The van der Waals surface area contributed by atoms with Gasteiger partial charge in [-0.1, -0.05) is 0 Å². The quantitative estimate of drug-likeness (QED) is 0.785. The number of esters is 1. The van der Waals surface area contributed by atoms with E-state index >= 15 is 0 Å². The Morgan fingerprint density at radius 1 is 1.44 bits per heavy atom. The van der Waals surface area contributed by atoms with Crippen LogP contribution in [0, 0.1) is 11.6 Å². The number of aromatic nitrogens is 1. The maximum absolute atomic E-state index is 13.5. The second-order valence-corrected chi connectivity index (χ2v) is 5.63. The Balaban J connectivity index is 2.42. The minimum Gasteiger partial charge on any atom is -0.405 e. The second-order valence-electron chi connectivity index (χ2n) is 3.32. The van der Waals surface area contributed by atoms with Gasteiger partial charge in [-0.3, -0.25) is 4.79 Å². The first kappa shape index (κ1) is 13.1. The second kappa shape index (κ2) is 5.11. The molecule has 0 atom stereocenters. The highest BCUT2D eigenvalue weighted by molar-refractivity contribution is 9.11. The molecule has 0 aliphatic carbocycles. The fourth-order valence-corrected chi connectivity index (χ4v) is 2.64. The van der Waals surface area contributed by atoms with Crippen molar-refractivity contribution in [2.45, 2.75) is 6.92 Å². The number of hydrogen-bond donors (Lipinski definition) is 0. The summed E-state index contributed by atoms with van der Waals surface area (Å²) in [5, 5.41) is 0.302. The van der Waals surface area contributed by atoms with Crippen molar-refractivity contribution in [2.75, 3.05) is 0 Å². The Labute approximate surface area is 114 Å². The average Bonchev–Trinajstić information content (AvgIpc) is 2.59. The molecule has 2 rings (SSSR count). The predicted molar refractivity (Wildman–Crippen MR) is 66.5 cm³/mol. The summed E-state index contributed by atoms with van der Waals surface area (Å²) in [5.41, 5.74) is 0.153. The highest BCUT2D eigenvalue weighted by Crippen LogP contribution is 2.37. The molecule has 0 saturated carbocycles. The van der Waals surface area contributed by atoms with Crippen LogP contribution in [0.3, 0.4) is 0 Å². The molecule has 0 radical (unpaired) electrons. The molecular formula is C11H6BrF2NO2S. The molecule has 0 N–H and O–H groups in total. The van der Waals surface area contributed by atoms with Crippen LogP contribution in [0.4, 0.5) is 8.78 Å². The third kappa shape index (κ3) is 2.73. The molecule has 1 aromatic heterocycles. The zero-order valence-electron chi connectivity index (χ0n) is 9.04. The van der Waals surface area contributed by atoms with E-state index in [1.165, 1.54) is 13.0 Å². The van der Waals surface area contributed by atoms with Gasteiger partial charge < -0.3 is 4.74 Å². The van der Waals surface area contributed by atoms with Gasteiger partial charge in [0, 0.05) is 18.6 Å². The summed E-state index contributed by atoms with van der Waals surface area (Å²) in [6.07, 6.45) is 0. The van der Waals surface area contributed by atoms with Gasteiger partial charge in [-0.25, -0.2) is 13.8 Å². The van der Waals surface area contributed by atoms with Crippen molar-refractivity contribution in [1.82, 2.24) is 4.98 Å². The lowest BCUT2D eigenvalue weighted by Gasteiger charge is -1.98. The lowest BCUT2D eigenvalue weighted by Crippen LogP contribution is -2.01. The van der Waals surface area contributed by atoms with Crippen molar-refractivity contribution in [1.29, 1.82) is 0 Å². The van der Waals surface area contributed by atoms with Crippen LogP contribution in [0.25, 0.3) is 10.6 Å². The van der Waals surface area contributed by atoms with Crippen LogP contribution in [0.15, 0.2) is 22.0 Å². The number of ether oxygens (including phenoxy) is 1. The number of nitrogens with zero attached hydrogens (tertiary/aromatic N) is 1. The fraction of sp³-hybridized carbons (Fsp3) is 0.0909. The van der Waals surface area contributed by atoms with Crippen molar-refractivity contribution in [3.63, 3.8) is 0 Å². The number of thiazole rings is 1. The Hall–Kier alpha value is -1.34. The maximum Gasteiger partial charge on any atom is 0.309 e. The van der Waals surface area contributed by atoms with Gasteiger partial charge >= 0.3 is 5.97 Å². The van der Waals surface area contributed by atoms with Gasteiger partial charge in [-0.15, -0.1) is 11.3 Å². The first-order valence-electron chi connectivity index (χ1n) is 4.77. The number of carbonyl (C=O) groups is 1. The summed E-state index contributed by atoms with van der Waals surface area (Å²) < 4.78 is 31.6. The molecule has 94 valence electrons. The van der Waals surface area contributed by atoms with Crippen molar-refractivity contribution < 1.29 is 18.3 Å². The zero-order valence-corrected chi connectivity index (χ0v) is 11.4. The van der Waals surface area contributed by atoms with Gasteiger partial charge in [0.25, 0.3) is 0 Å². The lowest BCUT2D eigenvalue weighted by molar-refractivity contribution is -0.132. The third-order valence-electron chi connectivity index (χ3n) is 1.96. The summed E-state index contributed by atoms with van der Waals surface area (Å²) >= 11 is 4.26. The van der Waals surface area contributed by atoms with E-state index < -0.39 is 17.6 Å². The van der Waals surface area contributed by atoms with Crippen molar-refractivity contribution in [3.05, 3.63) is 33.6 Å². The van der Waals surface area contributed by atoms with Gasteiger partial charge in [-0.2, -0.15) is 0 Å². The third-order valence-corrected chi connectivity index (χ3v) is 3.64. The van der Waals surface area contributed by atoms with Crippen LogP contribution >= 0.6 is 27.3 Å². The summed E-state index contributed by atoms with van der Waals surface area (Å²) in [6.45, 7) is 1.24. The van der Waals surface area contributed by atoms with Crippen molar-refractivity contribution in [2.24, 2.45) is 0 Å². The first-order valence-corrected chi connectivity index (χ1v) is 6.38. The molecule has 2 aromatic rings. The van der Waals surface area contributed by atoms with E-state index in [-0.39, 0.29) is 11.4 Å². The van der Waals surface area contributed by atoms with E-state index in [0.717, 1.165) is 23.5 Å². The SMILES string of the molecule is CC(=O)Oc1nc(-c2ccc(F)cc2F)sc1Br. The van der Waals surface area contributed by atoms with Crippen LogP contribution in [0.5, 0.6) is 5.88 Å². The number of carbonyl (C=O) groups excluding carboxylic acids is 1. The molecule has 0 unspecified atom stereocenters. The minimum absolute atomic E-state index is 0.0752. The van der Waals surface area contributed by atoms with Gasteiger partial charge in [0.2, 0.25) is 5.88 Å². The summed E-state index contributed by atoms with van der Waals surface area (Å²) in [5.74, 6) is -1.82. The molecule has 1 heterocycles. The highest BCUT2D eigenvalue weighted by Gasteiger charge is 2.16. The van der Waals surface area contributed by atoms with E-state index in [0.29, 0.717) is 8.79 Å². The molecule has 3 nitrogen and oxygen atoms in total. The topological polar surface area (TPSA) is 39.2 Å². The molecule has 0 aliphatic rings. The highest BCUT2D eigenvalue weighted by atomic mass is 79.9. The van der Waals surface area contributed by atoms with Crippen molar-refractivity contribution in [3.8, 4) is 16.5 Å². The predicted octanol–water partition coefficient (Wildman–Crippen LogP) is 3.78. The van der Waals surface area contributed by atoms with Crippen molar-refractivity contribution >= 4 is 33.2 Å². The van der Waals surface area contributed by atoms with Gasteiger partial charge in [0.05, 0.1) is 0 Å². The average molecular weight is 334 g/mol. The molecule has 0 bridgehead atoms. The lowest BCUT2D eigenvalue weighted by atomic mass is 10.2. The van der Waals surface area contributed by atoms with Crippen LogP contribution in [-0.4, -0.2) is 11.0 Å². The van der Waals surface area contributed by atoms with Crippen LogP contribution in [0.2, 0.25) is 0 Å². The van der Waals surface area contributed by atoms with Crippen LogP contribution in [0.1, 0.15) is 6.92 Å². The van der Waals surface area contributed by atoms with Gasteiger partial charge in [0.15, 0.2) is 0 Å². The number of hydrogen-bond acceptors (Lipinski definition) is 4. The monoisotopic (exact) mass is 333 g/mol. The Bertz CT molecular complexity index is 615. The largest absolute Gasteiger partial charge is 0.405 e. The van der Waals surface area contributed by atoms with E-state index in [1.807, 2.05) is 0 Å². The Kier molecular flexibility index (Phi) is 3.72. The molecule has 1 aromatic carbocycles. The molecule has 0 amide bonds. The van der Waals surface area contributed by atoms with E-state index in [2.05, 4.69) is 20.9 Å². The maximum atomic E-state index is 13.5. The molecular weight excluding hydrogens is 328 g/mol. The Morgan fingerprint density at radius 3 is 2.78 bits per heavy atom. The van der Waals surface area contributed by atoms with E-state index in [4.69, 9.17) is 4.74 Å². The van der Waals surface area contributed by atoms with Crippen LogP contribution < -0.4 is 4.74 Å². The molecule has 0 saturated heterocycles. The van der Waals surface area contributed by atoms with E-state index in [9.17, 15) is 13.6 Å². The van der Waals surface area contributed by atoms with Gasteiger partial charge in [0.1, 0.15) is 20.4 Å². The summed E-state index contributed by atoms with van der Waals surface area (Å²) in [6, 6.07) is 3.20. The smallest absolute Gasteiger partial charge is 0.309 e. The minimum atomic E-state index is -0.717. The molecule has 0 fully saturated rings. The summed E-state index contributed by atoms with van der Waals surface area (Å²) in [7, 11) is 0. The molecule has 0 aliphatic heterocycles. The van der Waals surface area contributed by atoms with Gasteiger partial charge in [-0.05, 0) is 28.1 Å². The van der Waals surface area contributed by atoms with E-state index in [1.54, 1.807) is 0 Å². The number of rotatable bonds is 2. The molecule has 18 heavy (non-hydrogen) atoms. The fourth-order valence-electron chi connectivity index (χ4n) is 1.26. The van der Waals surface area contributed by atoms with Crippen LogP contribution in [-0.2, 0) is 4.79 Å². The molecule has 0 spiro atoms. The zero-order chi connectivity index (χ0) is 13.3. The number of benzene rings is 1.